The van der Waals surface area contributed by atoms with E-state index >= 15 is 0 Å². The molecular formula is C13H4Cl2F8N4. The summed E-state index contributed by atoms with van der Waals surface area (Å²) in [6.07, 6.45) is -11.0. The molecule has 1 heterocycles. The lowest BCUT2D eigenvalue weighted by molar-refractivity contribution is -0.291. The number of benzene rings is 1. The van der Waals surface area contributed by atoms with Crippen LogP contribution in [0.1, 0.15) is 16.8 Å². The van der Waals surface area contributed by atoms with Gasteiger partial charge in [0.1, 0.15) is 23.1 Å². The van der Waals surface area contributed by atoms with Crippen molar-refractivity contribution in [1.82, 2.24) is 9.78 Å². The molecule has 2 rings (SSSR count). The minimum absolute atomic E-state index is 0.151. The molecule has 1 aromatic carbocycles. The van der Waals surface area contributed by atoms with Crippen LogP contribution in [0, 0.1) is 11.3 Å². The molecule has 0 atom stereocenters. The minimum Gasteiger partial charge on any atom is -0.382 e. The second kappa shape index (κ2) is 6.42. The van der Waals surface area contributed by atoms with Crippen LogP contribution in [0.3, 0.4) is 0 Å². The van der Waals surface area contributed by atoms with Gasteiger partial charge in [0.15, 0.2) is 5.69 Å². The van der Waals surface area contributed by atoms with Crippen LogP contribution < -0.4 is 5.73 Å². The van der Waals surface area contributed by atoms with Crippen molar-refractivity contribution in [3.63, 3.8) is 0 Å². The van der Waals surface area contributed by atoms with Crippen molar-refractivity contribution >= 4 is 29.0 Å². The molecule has 0 aliphatic heterocycles. The first-order chi connectivity index (χ1) is 12.1. The Labute approximate surface area is 154 Å². The molecule has 1 aromatic heterocycles. The van der Waals surface area contributed by atoms with E-state index in [0.29, 0.717) is 12.1 Å². The quantitative estimate of drug-likeness (QED) is 0.646. The van der Waals surface area contributed by atoms with E-state index in [-0.39, 0.29) is 4.68 Å². The summed E-state index contributed by atoms with van der Waals surface area (Å²) in [5.74, 6) is -6.58. The van der Waals surface area contributed by atoms with Gasteiger partial charge in [-0.2, -0.15) is 45.5 Å². The van der Waals surface area contributed by atoms with Crippen LogP contribution >= 0.6 is 23.2 Å². The number of alkyl halides is 8. The van der Waals surface area contributed by atoms with E-state index in [0.717, 1.165) is 6.07 Å². The molecule has 0 spiro atoms. The fraction of sp³-hybridized carbons (Fsp3) is 0.231. The number of nitrogens with two attached hydrogens (primary N) is 1. The van der Waals surface area contributed by atoms with Gasteiger partial charge < -0.3 is 5.73 Å². The molecule has 0 saturated heterocycles. The SMILES string of the molecule is N#Cc1c(C(F)(F)C(F)(F)F)nn(-c2c(Cl)cc(C(F)(F)F)cc2Cl)c1N. The van der Waals surface area contributed by atoms with E-state index in [1.807, 2.05) is 0 Å². The normalized spacial score (nSPS) is 12.9. The van der Waals surface area contributed by atoms with Crippen LogP contribution in [-0.2, 0) is 12.1 Å². The number of anilines is 1. The van der Waals surface area contributed by atoms with Gasteiger partial charge in [0.2, 0.25) is 0 Å². The van der Waals surface area contributed by atoms with E-state index in [1.165, 1.54) is 0 Å². The molecule has 2 aromatic rings. The molecule has 0 unspecified atom stereocenters. The lowest BCUT2D eigenvalue weighted by Crippen LogP contribution is -2.34. The van der Waals surface area contributed by atoms with Crippen molar-refractivity contribution in [2.24, 2.45) is 0 Å². The van der Waals surface area contributed by atoms with E-state index in [1.54, 1.807) is 0 Å². The molecule has 0 saturated carbocycles. The minimum atomic E-state index is -6.11. The summed E-state index contributed by atoms with van der Waals surface area (Å²) >= 11 is 11.3. The largest absolute Gasteiger partial charge is 0.459 e. The lowest BCUT2D eigenvalue weighted by Gasteiger charge is -2.17. The van der Waals surface area contributed by atoms with Crippen LogP contribution in [-0.4, -0.2) is 16.0 Å². The van der Waals surface area contributed by atoms with Crippen LogP contribution in [0.2, 0.25) is 10.0 Å². The fourth-order valence-corrected chi connectivity index (χ4v) is 2.64. The van der Waals surface area contributed by atoms with Crippen molar-refractivity contribution in [2.45, 2.75) is 18.3 Å². The van der Waals surface area contributed by atoms with Gasteiger partial charge in [-0.1, -0.05) is 23.2 Å². The topological polar surface area (TPSA) is 67.6 Å². The van der Waals surface area contributed by atoms with Crippen LogP contribution in [0.25, 0.3) is 5.69 Å². The van der Waals surface area contributed by atoms with Gasteiger partial charge in [-0.05, 0) is 12.1 Å². The third-order valence-corrected chi connectivity index (χ3v) is 3.82. The van der Waals surface area contributed by atoms with Gasteiger partial charge in [0.05, 0.1) is 15.6 Å². The molecule has 0 aliphatic rings. The summed E-state index contributed by atoms with van der Waals surface area (Å²) in [7, 11) is 0. The molecule has 4 nitrogen and oxygen atoms in total. The monoisotopic (exact) mass is 438 g/mol. The highest BCUT2D eigenvalue weighted by Gasteiger charge is 2.62. The number of halogens is 10. The smallest absolute Gasteiger partial charge is 0.382 e. The Kier molecular flexibility index (Phi) is 5.00. The maximum atomic E-state index is 13.6. The third-order valence-electron chi connectivity index (χ3n) is 3.24. The van der Waals surface area contributed by atoms with Crippen LogP contribution in [0.15, 0.2) is 12.1 Å². The molecule has 146 valence electrons. The molecule has 2 N–H and O–H groups in total. The maximum absolute atomic E-state index is 13.6. The number of rotatable bonds is 2. The first kappa shape index (κ1) is 21.0. The standard InChI is InChI=1S/C13H4Cl2F8N4/c14-6-1-4(12(18,19)20)2-7(15)8(6)27-10(25)5(3-24)9(26-27)11(16,17)13(21,22)23/h1-2H,25H2. The molecule has 27 heavy (non-hydrogen) atoms. The fourth-order valence-electron chi connectivity index (χ4n) is 2.00. The molecule has 0 aliphatic carbocycles. The second-order valence-corrected chi connectivity index (χ2v) is 5.81. The predicted molar refractivity (Wildman–Crippen MR) is 77.7 cm³/mol. The molecule has 0 fully saturated rings. The zero-order valence-electron chi connectivity index (χ0n) is 12.4. The Morgan fingerprint density at radius 3 is 1.85 bits per heavy atom. The van der Waals surface area contributed by atoms with E-state index < -0.39 is 56.6 Å². The van der Waals surface area contributed by atoms with Gasteiger partial charge in [-0.3, -0.25) is 0 Å². The Bertz CT molecular complexity index is 916. The van der Waals surface area contributed by atoms with E-state index in [4.69, 9.17) is 34.2 Å². The number of nitrogens with zero attached hydrogens (tertiary/aromatic N) is 3. The highest BCUT2D eigenvalue weighted by atomic mass is 35.5. The van der Waals surface area contributed by atoms with Gasteiger partial charge in [0, 0.05) is 0 Å². The first-order valence-electron chi connectivity index (χ1n) is 6.43. The Morgan fingerprint density at radius 1 is 1.00 bits per heavy atom. The van der Waals surface area contributed by atoms with Crippen molar-refractivity contribution in [2.75, 3.05) is 5.73 Å². The summed E-state index contributed by atoms with van der Waals surface area (Å²) in [4.78, 5) is 0. The van der Waals surface area contributed by atoms with Crippen LogP contribution in [0.4, 0.5) is 40.9 Å². The molecular weight excluding hydrogens is 435 g/mol. The summed E-state index contributed by atoms with van der Waals surface area (Å²) in [5.41, 5.74) is 0.00111. The van der Waals surface area contributed by atoms with Crippen LogP contribution in [0.5, 0.6) is 0 Å². The van der Waals surface area contributed by atoms with Crippen molar-refractivity contribution < 1.29 is 35.1 Å². The zero-order chi connectivity index (χ0) is 20.9. The highest BCUT2D eigenvalue weighted by Crippen LogP contribution is 2.46. The summed E-state index contributed by atoms with van der Waals surface area (Å²) in [5, 5.41) is 10.2. The first-order valence-corrected chi connectivity index (χ1v) is 7.18. The van der Waals surface area contributed by atoms with Crippen molar-refractivity contribution in [3.05, 3.63) is 39.0 Å². The second-order valence-electron chi connectivity index (χ2n) is 4.99. The van der Waals surface area contributed by atoms with Gasteiger partial charge in [0.25, 0.3) is 0 Å². The average Bonchev–Trinajstić information content (AvgIpc) is 2.82. The number of hydrogen-bond donors (Lipinski definition) is 1. The van der Waals surface area contributed by atoms with Crippen molar-refractivity contribution in [3.8, 4) is 11.8 Å². The van der Waals surface area contributed by atoms with Gasteiger partial charge in [-0.25, -0.2) is 4.68 Å². The number of nitriles is 1. The number of hydrogen-bond acceptors (Lipinski definition) is 3. The lowest BCUT2D eigenvalue weighted by atomic mass is 10.1. The Hall–Kier alpha value is -2.26. The summed E-state index contributed by atoms with van der Waals surface area (Å²) in [6, 6.07) is 1.74. The Morgan fingerprint density at radius 2 is 1.48 bits per heavy atom. The third kappa shape index (κ3) is 3.49. The number of nitrogen functional groups attached to an aromatic ring is 1. The summed E-state index contributed by atoms with van der Waals surface area (Å²) in [6.45, 7) is 0. The molecule has 0 bridgehead atoms. The maximum Gasteiger partial charge on any atom is 0.459 e. The van der Waals surface area contributed by atoms with Gasteiger partial charge in [-0.15, -0.1) is 0 Å². The highest BCUT2D eigenvalue weighted by molar-refractivity contribution is 6.38. The number of aromatic nitrogens is 2. The van der Waals surface area contributed by atoms with Crippen molar-refractivity contribution in [1.29, 1.82) is 5.26 Å². The zero-order valence-corrected chi connectivity index (χ0v) is 13.9. The molecule has 0 radical (unpaired) electrons. The summed E-state index contributed by atoms with van der Waals surface area (Å²) < 4.78 is 103. The average molecular weight is 439 g/mol. The van der Waals surface area contributed by atoms with Gasteiger partial charge >= 0.3 is 18.3 Å². The van der Waals surface area contributed by atoms with E-state index in [2.05, 4.69) is 5.10 Å². The molecule has 0 amide bonds. The predicted octanol–water partition coefficient (Wildman–Crippen LogP) is 5.31. The molecule has 14 heteroatoms. The van der Waals surface area contributed by atoms with E-state index in [9.17, 15) is 35.1 Å². The Balaban J connectivity index is 2.79.